The number of anilines is 2. The summed E-state index contributed by atoms with van der Waals surface area (Å²) in [5.74, 6) is 0.737. The molecule has 0 radical (unpaired) electrons. The minimum absolute atomic E-state index is 0.0220. The lowest BCUT2D eigenvalue weighted by Gasteiger charge is -2.19. The number of rotatable bonds is 3. The van der Waals surface area contributed by atoms with E-state index in [0.29, 0.717) is 22.9 Å². The van der Waals surface area contributed by atoms with Gasteiger partial charge in [-0.3, -0.25) is 9.69 Å². The third kappa shape index (κ3) is 4.39. The van der Waals surface area contributed by atoms with E-state index in [0.717, 1.165) is 31.8 Å². The molecule has 5 heteroatoms. The summed E-state index contributed by atoms with van der Waals surface area (Å²) in [5.41, 5.74) is 6.84. The Morgan fingerprint density at radius 3 is 3.00 bits per heavy atom. The Bertz CT molecular complexity index is 478. The van der Waals surface area contributed by atoms with E-state index >= 15 is 0 Å². The van der Waals surface area contributed by atoms with Crippen molar-refractivity contribution in [2.75, 3.05) is 30.7 Å². The summed E-state index contributed by atoms with van der Waals surface area (Å²) in [4.78, 5) is 14.3. The van der Waals surface area contributed by atoms with Crippen molar-refractivity contribution in [3.8, 4) is 0 Å². The zero-order chi connectivity index (χ0) is 14.5. The lowest BCUT2D eigenvalue weighted by Crippen LogP contribution is -2.34. The molecule has 1 aliphatic rings. The highest BCUT2D eigenvalue weighted by molar-refractivity contribution is 6.34. The van der Waals surface area contributed by atoms with E-state index < -0.39 is 0 Å². The average molecular weight is 296 g/mol. The molecule has 1 atom stereocenters. The molecule has 1 aromatic rings. The molecule has 0 spiro atoms. The maximum Gasteiger partial charge on any atom is 0.238 e. The standard InChI is InChI=1S/C15H22ClN3O/c1-11-3-2-7-19(8-6-11)10-15(20)18-14-5-4-12(17)9-13(14)16/h4-5,9,11H,2-3,6-8,10,17H2,1H3,(H,18,20). The fourth-order valence-corrected chi connectivity index (χ4v) is 2.74. The Balaban J connectivity index is 1.88. The predicted octanol–water partition coefficient (Wildman–Crippen LogP) is 2.98. The molecular weight excluding hydrogens is 274 g/mol. The van der Waals surface area contributed by atoms with Crippen LogP contribution >= 0.6 is 11.6 Å². The molecule has 4 nitrogen and oxygen atoms in total. The molecule has 2 rings (SSSR count). The van der Waals surface area contributed by atoms with Gasteiger partial charge in [0.15, 0.2) is 0 Å². The molecule has 1 saturated heterocycles. The summed E-state index contributed by atoms with van der Waals surface area (Å²) in [6, 6.07) is 5.11. The number of carbonyl (C=O) groups excluding carboxylic acids is 1. The van der Waals surface area contributed by atoms with Gasteiger partial charge in [-0.2, -0.15) is 0 Å². The van der Waals surface area contributed by atoms with Crippen molar-refractivity contribution >= 4 is 28.9 Å². The highest BCUT2D eigenvalue weighted by Gasteiger charge is 2.16. The van der Waals surface area contributed by atoms with Crippen LogP contribution < -0.4 is 11.1 Å². The molecule has 1 heterocycles. The van der Waals surface area contributed by atoms with Gasteiger partial charge in [0.05, 0.1) is 17.3 Å². The first kappa shape index (κ1) is 15.1. The molecule has 1 aromatic carbocycles. The van der Waals surface area contributed by atoms with Crippen LogP contribution in [0.1, 0.15) is 26.2 Å². The lowest BCUT2D eigenvalue weighted by molar-refractivity contribution is -0.117. The molecule has 110 valence electrons. The first-order chi connectivity index (χ1) is 9.54. The minimum atomic E-state index is -0.0220. The molecule has 0 saturated carbocycles. The number of hydrogen-bond donors (Lipinski definition) is 2. The molecule has 1 fully saturated rings. The third-order valence-corrected chi connectivity index (χ3v) is 4.06. The van der Waals surface area contributed by atoms with Crippen LogP contribution in [-0.2, 0) is 4.79 Å². The second-order valence-electron chi connectivity index (χ2n) is 5.60. The van der Waals surface area contributed by atoms with Crippen LogP contribution in [0.25, 0.3) is 0 Å². The Labute approximate surface area is 125 Å². The van der Waals surface area contributed by atoms with E-state index in [-0.39, 0.29) is 5.91 Å². The average Bonchev–Trinajstić information content (AvgIpc) is 2.58. The van der Waals surface area contributed by atoms with Crippen LogP contribution in [-0.4, -0.2) is 30.4 Å². The van der Waals surface area contributed by atoms with Gasteiger partial charge in [0.2, 0.25) is 5.91 Å². The van der Waals surface area contributed by atoms with E-state index in [2.05, 4.69) is 17.1 Å². The number of nitrogens with two attached hydrogens (primary N) is 1. The van der Waals surface area contributed by atoms with E-state index in [1.54, 1.807) is 18.2 Å². The van der Waals surface area contributed by atoms with Gasteiger partial charge in [-0.1, -0.05) is 18.5 Å². The number of likely N-dealkylation sites (tertiary alicyclic amines) is 1. The second kappa shape index (κ2) is 6.95. The SMILES string of the molecule is CC1CCCN(CC(=O)Nc2ccc(N)cc2Cl)CC1. The normalized spacial score (nSPS) is 20.4. The van der Waals surface area contributed by atoms with Gasteiger partial charge in [-0.05, 0) is 56.5 Å². The molecular formula is C15H22ClN3O. The van der Waals surface area contributed by atoms with Gasteiger partial charge in [0, 0.05) is 5.69 Å². The number of nitrogens with one attached hydrogen (secondary N) is 1. The van der Waals surface area contributed by atoms with Crippen molar-refractivity contribution in [3.63, 3.8) is 0 Å². The fraction of sp³-hybridized carbons (Fsp3) is 0.533. The maximum atomic E-state index is 12.1. The van der Waals surface area contributed by atoms with Gasteiger partial charge in [-0.15, -0.1) is 0 Å². The van der Waals surface area contributed by atoms with Crippen LogP contribution in [0.5, 0.6) is 0 Å². The van der Waals surface area contributed by atoms with Crippen molar-refractivity contribution in [1.82, 2.24) is 4.90 Å². The maximum absolute atomic E-state index is 12.1. The second-order valence-corrected chi connectivity index (χ2v) is 6.01. The monoisotopic (exact) mass is 295 g/mol. The van der Waals surface area contributed by atoms with E-state index in [9.17, 15) is 4.79 Å². The summed E-state index contributed by atoms with van der Waals surface area (Å²) >= 11 is 6.05. The van der Waals surface area contributed by atoms with Gasteiger partial charge in [0.25, 0.3) is 0 Å². The molecule has 1 amide bonds. The quantitative estimate of drug-likeness (QED) is 0.843. The highest BCUT2D eigenvalue weighted by atomic mass is 35.5. The number of amides is 1. The highest BCUT2D eigenvalue weighted by Crippen LogP contribution is 2.24. The Morgan fingerprint density at radius 1 is 1.45 bits per heavy atom. The van der Waals surface area contributed by atoms with Crippen molar-refractivity contribution < 1.29 is 4.79 Å². The summed E-state index contributed by atoms with van der Waals surface area (Å²) in [6.45, 7) is 4.68. The molecule has 3 N–H and O–H groups in total. The Morgan fingerprint density at radius 2 is 2.25 bits per heavy atom. The number of halogens is 1. The number of nitrogen functional groups attached to an aromatic ring is 1. The molecule has 0 bridgehead atoms. The number of carbonyl (C=O) groups is 1. The lowest BCUT2D eigenvalue weighted by atomic mass is 10.0. The third-order valence-electron chi connectivity index (χ3n) is 3.74. The van der Waals surface area contributed by atoms with Gasteiger partial charge >= 0.3 is 0 Å². The van der Waals surface area contributed by atoms with Crippen LogP contribution in [0.15, 0.2) is 18.2 Å². The predicted molar refractivity (Wildman–Crippen MR) is 83.9 cm³/mol. The van der Waals surface area contributed by atoms with Crippen molar-refractivity contribution in [2.24, 2.45) is 5.92 Å². The summed E-state index contributed by atoms with van der Waals surface area (Å²) in [5, 5.41) is 3.32. The van der Waals surface area contributed by atoms with Gasteiger partial charge < -0.3 is 11.1 Å². The van der Waals surface area contributed by atoms with Crippen molar-refractivity contribution in [2.45, 2.75) is 26.2 Å². The molecule has 20 heavy (non-hydrogen) atoms. The topological polar surface area (TPSA) is 58.4 Å². The van der Waals surface area contributed by atoms with Gasteiger partial charge in [0.1, 0.15) is 0 Å². The number of hydrogen-bond acceptors (Lipinski definition) is 3. The minimum Gasteiger partial charge on any atom is -0.399 e. The number of benzene rings is 1. The van der Waals surface area contributed by atoms with Crippen molar-refractivity contribution in [1.29, 1.82) is 0 Å². The fourth-order valence-electron chi connectivity index (χ4n) is 2.51. The molecule has 0 aromatic heterocycles. The van der Waals surface area contributed by atoms with E-state index in [1.165, 1.54) is 6.42 Å². The van der Waals surface area contributed by atoms with E-state index in [1.807, 2.05) is 0 Å². The zero-order valence-corrected chi connectivity index (χ0v) is 12.6. The smallest absolute Gasteiger partial charge is 0.238 e. The number of nitrogens with zero attached hydrogens (tertiary/aromatic N) is 1. The molecule has 1 aliphatic heterocycles. The van der Waals surface area contributed by atoms with E-state index in [4.69, 9.17) is 17.3 Å². The first-order valence-corrected chi connectivity index (χ1v) is 7.49. The van der Waals surface area contributed by atoms with Crippen LogP contribution in [0, 0.1) is 5.92 Å². The largest absolute Gasteiger partial charge is 0.399 e. The zero-order valence-electron chi connectivity index (χ0n) is 11.9. The summed E-state index contributed by atoms with van der Waals surface area (Å²) < 4.78 is 0. The van der Waals surface area contributed by atoms with Crippen LogP contribution in [0.2, 0.25) is 5.02 Å². The van der Waals surface area contributed by atoms with Crippen LogP contribution in [0.4, 0.5) is 11.4 Å². The molecule has 0 aliphatic carbocycles. The van der Waals surface area contributed by atoms with Crippen LogP contribution in [0.3, 0.4) is 0 Å². The summed E-state index contributed by atoms with van der Waals surface area (Å²) in [6.07, 6.45) is 3.58. The Hall–Kier alpha value is -1.26. The summed E-state index contributed by atoms with van der Waals surface area (Å²) in [7, 11) is 0. The molecule has 1 unspecified atom stereocenters. The van der Waals surface area contributed by atoms with Gasteiger partial charge in [-0.25, -0.2) is 0 Å². The first-order valence-electron chi connectivity index (χ1n) is 7.12. The Kier molecular flexibility index (Phi) is 5.26. The van der Waals surface area contributed by atoms with Crippen molar-refractivity contribution in [3.05, 3.63) is 23.2 Å².